The van der Waals surface area contributed by atoms with Gasteiger partial charge >= 0.3 is 0 Å². The lowest BCUT2D eigenvalue weighted by atomic mass is 10.1. The van der Waals surface area contributed by atoms with Crippen LogP contribution < -0.4 is 10.2 Å². The molecule has 28 heavy (non-hydrogen) atoms. The average Bonchev–Trinajstić information content (AvgIpc) is 3.17. The van der Waals surface area contributed by atoms with E-state index in [1.54, 1.807) is 18.3 Å². The second-order valence-electron chi connectivity index (χ2n) is 6.50. The van der Waals surface area contributed by atoms with Crippen LogP contribution in [-0.4, -0.2) is 37.2 Å². The molecule has 1 aromatic heterocycles. The molecule has 1 fully saturated rings. The van der Waals surface area contributed by atoms with Gasteiger partial charge in [0.15, 0.2) is 5.13 Å². The van der Waals surface area contributed by atoms with Crippen molar-refractivity contribution in [3.05, 3.63) is 76.5 Å². The zero-order valence-electron chi connectivity index (χ0n) is 15.2. The van der Waals surface area contributed by atoms with Gasteiger partial charge in [0.2, 0.25) is 0 Å². The minimum absolute atomic E-state index is 0.208. The fourth-order valence-electron chi connectivity index (χ4n) is 3.09. The fourth-order valence-corrected chi connectivity index (χ4v) is 3.92. The summed E-state index contributed by atoms with van der Waals surface area (Å²) in [6.45, 7) is 3.16. The van der Waals surface area contributed by atoms with Crippen molar-refractivity contribution in [1.82, 2.24) is 4.98 Å². The molecule has 0 atom stereocenters. The van der Waals surface area contributed by atoms with Crippen LogP contribution in [0.5, 0.6) is 0 Å². The van der Waals surface area contributed by atoms with Crippen molar-refractivity contribution in [2.45, 2.75) is 6.42 Å². The van der Waals surface area contributed by atoms with E-state index in [2.05, 4.69) is 15.2 Å². The highest BCUT2D eigenvalue weighted by molar-refractivity contribution is 7.15. The van der Waals surface area contributed by atoms with E-state index >= 15 is 0 Å². The van der Waals surface area contributed by atoms with Gasteiger partial charge in [0.05, 0.1) is 13.2 Å². The summed E-state index contributed by atoms with van der Waals surface area (Å²) in [5.41, 5.74) is 2.27. The van der Waals surface area contributed by atoms with Crippen LogP contribution in [0.3, 0.4) is 0 Å². The number of aromatic nitrogens is 1. The highest BCUT2D eigenvalue weighted by atomic mass is 32.1. The summed E-state index contributed by atoms with van der Waals surface area (Å²) in [6, 6.07) is 14.2. The number of amides is 1. The quantitative estimate of drug-likeness (QED) is 0.708. The molecule has 0 unspecified atom stereocenters. The number of ether oxygens (including phenoxy) is 1. The number of thiazole rings is 1. The molecular weight excluding hydrogens is 377 g/mol. The number of carbonyl (C=O) groups excluding carboxylic acids is 1. The van der Waals surface area contributed by atoms with Crippen molar-refractivity contribution in [2.75, 3.05) is 36.5 Å². The molecule has 1 aliphatic rings. The predicted octanol–water partition coefficient (Wildman–Crippen LogP) is 3.96. The minimum atomic E-state index is -0.234. The summed E-state index contributed by atoms with van der Waals surface area (Å²) in [5.74, 6) is -0.442. The zero-order valence-corrected chi connectivity index (χ0v) is 16.0. The summed E-state index contributed by atoms with van der Waals surface area (Å²) in [5, 5.41) is 3.33. The normalized spacial score (nSPS) is 14.1. The van der Waals surface area contributed by atoms with Gasteiger partial charge in [-0.25, -0.2) is 9.37 Å². The Bertz CT molecular complexity index is 952. The maximum Gasteiger partial charge on any atom is 0.257 e. The van der Waals surface area contributed by atoms with Crippen molar-refractivity contribution in [1.29, 1.82) is 0 Å². The maximum atomic E-state index is 13.8. The van der Waals surface area contributed by atoms with E-state index in [1.807, 2.05) is 30.3 Å². The first-order valence-electron chi connectivity index (χ1n) is 9.11. The number of benzene rings is 2. The number of hydrogen-bond acceptors (Lipinski definition) is 5. The van der Waals surface area contributed by atoms with E-state index in [0.717, 1.165) is 36.9 Å². The molecule has 0 saturated carbocycles. The highest BCUT2D eigenvalue weighted by Crippen LogP contribution is 2.23. The topological polar surface area (TPSA) is 54.5 Å². The summed E-state index contributed by atoms with van der Waals surface area (Å²) < 4.78 is 19.1. The lowest BCUT2D eigenvalue weighted by Crippen LogP contribution is -2.36. The van der Waals surface area contributed by atoms with Crippen molar-refractivity contribution >= 4 is 28.1 Å². The molecule has 1 saturated heterocycles. The molecule has 1 amide bonds. The van der Waals surface area contributed by atoms with Gasteiger partial charge in [-0.05, 0) is 35.9 Å². The van der Waals surface area contributed by atoms with E-state index in [4.69, 9.17) is 4.74 Å². The SMILES string of the molecule is O=C(Nc1ncc(Cc2ccccc2F)s1)c1ccc(N2CCOCC2)cc1. The summed E-state index contributed by atoms with van der Waals surface area (Å²) >= 11 is 1.35. The van der Waals surface area contributed by atoms with Crippen molar-refractivity contribution in [3.63, 3.8) is 0 Å². The second-order valence-corrected chi connectivity index (χ2v) is 7.62. The van der Waals surface area contributed by atoms with E-state index < -0.39 is 0 Å². The van der Waals surface area contributed by atoms with Crippen LogP contribution in [0.15, 0.2) is 54.7 Å². The predicted molar refractivity (Wildman–Crippen MR) is 109 cm³/mol. The summed E-state index contributed by atoms with van der Waals surface area (Å²) in [4.78, 5) is 19.9. The van der Waals surface area contributed by atoms with Crippen LogP contribution in [0.1, 0.15) is 20.8 Å². The Kier molecular flexibility index (Phi) is 5.64. The van der Waals surface area contributed by atoms with Crippen molar-refractivity contribution < 1.29 is 13.9 Å². The highest BCUT2D eigenvalue weighted by Gasteiger charge is 2.13. The molecule has 144 valence electrons. The van der Waals surface area contributed by atoms with Gasteiger partial charge in [0, 0.05) is 41.8 Å². The van der Waals surface area contributed by atoms with Crippen molar-refractivity contribution in [2.24, 2.45) is 0 Å². The Hall–Kier alpha value is -2.77. The summed E-state index contributed by atoms with van der Waals surface area (Å²) in [6.07, 6.45) is 2.13. The van der Waals surface area contributed by atoms with Crippen LogP contribution in [0, 0.1) is 5.82 Å². The first-order valence-corrected chi connectivity index (χ1v) is 9.93. The van der Waals surface area contributed by atoms with Gasteiger partial charge in [-0.15, -0.1) is 11.3 Å². The number of hydrogen-bond donors (Lipinski definition) is 1. The van der Waals surface area contributed by atoms with Gasteiger partial charge in [-0.3, -0.25) is 10.1 Å². The maximum absolute atomic E-state index is 13.8. The van der Waals surface area contributed by atoms with Crippen molar-refractivity contribution in [3.8, 4) is 0 Å². The number of carbonyl (C=O) groups is 1. The number of rotatable bonds is 5. The molecule has 7 heteroatoms. The van der Waals surface area contributed by atoms with Gasteiger partial charge in [0.1, 0.15) is 5.82 Å². The van der Waals surface area contributed by atoms with Crippen LogP contribution in [0.25, 0.3) is 0 Å². The lowest BCUT2D eigenvalue weighted by Gasteiger charge is -2.28. The van der Waals surface area contributed by atoms with Crippen LogP contribution in [0.4, 0.5) is 15.2 Å². The van der Waals surface area contributed by atoms with E-state index in [9.17, 15) is 9.18 Å². The lowest BCUT2D eigenvalue weighted by molar-refractivity contribution is 0.102. The summed E-state index contributed by atoms with van der Waals surface area (Å²) in [7, 11) is 0. The number of morpholine rings is 1. The second kappa shape index (κ2) is 8.50. The monoisotopic (exact) mass is 397 g/mol. The Balaban J connectivity index is 1.38. The smallest absolute Gasteiger partial charge is 0.257 e. The molecule has 0 radical (unpaired) electrons. The standard InChI is InChI=1S/C21H20FN3O2S/c22-19-4-2-1-3-16(19)13-18-14-23-21(28-18)24-20(26)15-5-7-17(8-6-15)25-9-11-27-12-10-25/h1-8,14H,9-13H2,(H,23,24,26). The largest absolute Gasteiger partial charge is 0.378 e. The number of nitrogens with zero attached hydrogens (tertiary/aromatic N) is 2. The molecule has 5 nitrogen and oxygen atoms in total. The number of halogens is 1. The first-order chi connectivity index (χ1) is 13.7. The fraction of sp³-hybridized carbons (Fsp3) is 0.238. The van der Waals surface area contributed by atoms with E-state index in [-0.39, 0.29) is 11.7 Å². The first kappa shape index (κ1) is 18.6. The molecule has 1 aliphatic heterocycles. The van der Waals surface area contributed by atoms with Gasteiger partial charge in [-0.1, -0.05) is 18.2 Å². The third-order valence-electron chi connectivity index (χ3n) is 4.60. The molecule has 1 N–H and O–H groups in total. The van der Waals surface area contributed by atoms with Crippen LogP contribution in [0.2, 0.25) is 0 Å². The molecule has 2 heterocycles. The van der Waals surface area contributed by atoms with Gasteiger partial charge in [-0.2, -0.15) is 0 Å². The minimum Gasteiger partial charge on any atom is -0.378 e. The van der Waals surface area contributed by atoms with Gasteiger partial charge in [0.25, 0.3) is 5.91 Å². The Morgan fingerprint density at radius 3 is 2.64 bits per heavy atom. The molecule has 0 bridgehead atoms. The molecule has 3 aromatic rings. The molecule has 0 spiro atoms. The zero-order chi connectivity index (χ0) is 19.3. The average molecular weight is 397 g/mol. The molecule has 2 aromatic carbocycles. The molecule has 0 aliphatic carbocycles. The Morgan fingerprint density at radius 2 is 1.89 bits per heavy atom. The Labute approximate surface area is 166 Å². The van der Waals surface area contributed by atoms with E-state index in [0.29, 0.717) is 22.7 Å². The third kappa shape index (κ3) is 4.37. The number of anilines is 2. The molecule has 4 rings (SSSR count). The third-order valence-corrected chi connectivity index (χ3v) is 5.52. The van der Waals surface area contributed by atoms with E-state index in [1.165, 1.54) is 17.4 Å². The van der Waals surface area contributed by atoms with Gasteiger partial charge < -0.3 is 9.64 Å². The Morgan fingerprint density at radius 1 is 1.14 bits per heavy atom. The van der Waals surface area contributed by atoms with Crippen LogP contribution in [-0.2, 0) is 11.2 Å². The van der Waals surface area contributed by atoms with Crippen LogP contribution >= 0.6 is 11.3 Å². The number of nitrogens with one attached hydrogen (secondary N) is 1. The molecular formula is C21H20FN3O2S.